The third-order valence-corrected chi connectivity index (χ3v) is 6.85. The molecule has 0 spiro atoms. The van der Waals surface area contributed by atoms with Gasteiger partial charge in [-0.2, -0.15) is 11.1 Å². The van der Waals surface area contributed by atoms with Crippen molar-refractivity contribution in [1.82, 2.24) is 0 Å². The average Bonchev–Trinajstić information content (AvgIpc) is 2.56. The molecule has 2 heteroatoms. The van der Waals surface area contributed by atoms with E-state index < -0.39 is 8.11 Å². The van der Waals surface area contributed by atoms with Gasteiger partial charge in [0.2, 0.25) is 8.11 Å². The summed E-state index contributed by atoms with van der Waals surface area (Å²) in [6.07, 6.45) is 0. The highest BCUT2D eigenvalue weighted by Gasteiger charge is 2.12. The molecule has 0 heterocycles. The van der Waals surface area contributed by atoms with Crippen LogP contribution in [0, 0.1) is 0 Å². The first kappa shape index (κ1) is 13.2. The molecule has 1 atom stereocenters. The Morgan fingerprint density at radius 2 is 0.950 bits per heavy atom. The van der Waals surface area contributed by atoms with Crippen LogP contribution in [0.1, 0.15) is 0 Å². The van der Waals surface area contributed by atoms with Gasteiger partial charge in [0.15, 0.2) is 0 Å². The van der Waals surface area contributed by atoms with Gasteiger partial charge in [0.1, 0.15) is 0 Å². The van der Waals surface area contributed by atoms with E-state index >= 15 is 0 Å². The summed E-state index contributed by atoms with van der Waals surface area (Å²) < 4.78 is 0. The van der Waals surface area contributed by atoms with Gasteiger partial charge in [0.05, 0.1) is 0 Å². The molecule has 0 aliphatic heterocycles. The maximum atomic E-state index is 6.67. The Balaban J connectivity index is 1.87. The van der Waals surface area contributed by atoms with Crippen LogP contribution in [0.5, 0.6) is 0 Å². The van der Waals surface area contributed by atoms with Gasteiger partial charge in [-0.3, -0.25) is 0 Å². The molecular formula is C18H15ClSi. The zero-order valence-corrected chi connectivity index (χ0v) is 12.9. The second-order valence-electron chi connectivity index (χ2n) is 4.76. The summed E-state index contributed by atoms with van der Waals surface area (Å²) in [5.74, 6) is 0. The molecule has 0 fully saturated rings. The standard InChI is InChI=1S/C18H15ClSi/c19-20(17-9-5-2-6-10-17)18-13-11-16(12-14-18)15-7-3-1-4-8-15/h1-14,20H/t20-/m1/s1. The van der Waals surface area contributed by atoms with Crippen molar-refractivity contribution in [2.75, 3.05) is 0 Å². The number of hydrogen-bond acceptors (Lipinski definition) is 0. The normalized spacial score (nSPS) is 12.1. The van der Waals surface area contributed by atoms with Crippen molar-refractivity contribution >= 4 is 29.6 Å². The quantitative estimate of drug-likeness (QED) is 0.513. The predicted octanol–water partition coefficient (Wildman–Crippen LogP) is 3.43. The number of rotatable bonds is 3. The Labute approximate surface area is 126 Å². The van der Waals surface area contributed by atoms with E-state index in [1.54, 1.807) is 0 Å². The van der Waals surface area contributed by atoms with Crippen LogP contribution in [0.4, 0.5) is 0 Å². The van der Waals surface area contributed by atoms with Crippen molar-refractivity contribution in [3.63, 3.8) is 0 Å². The van der Waals surface area contributed by atoms with Gasteiger partial charge in [0, 0.05) is 0 Å². The van der Waals surface area contributed by atoms with Crippen LogP contribution in [0.2, 0.25) is 0 Å². The molecule has 0 bridgehead atoms. The molecule has 3 aromatic rings. The maximum absolute atomic E-state index is 6.67. The molecular weight excluding hydrogens is 280 g/mol. The Bertz CT molecular complexity index is 663. The molecule has 0 aromatic heterocycles. The summed E-state index contributed by atoms with van der Waals surface area (Å²) >= 11 is 6.67. The molecule has 0 nitrogen and oxygen atoms in total. The summed E-state index contributed by atoms with van der Waals surface area (Å²) in [6, 6.07) is 29.4. The molecule has 98 valence electrons. The smallest absolute Gasteiger partial charge is 0.159 e. The summed E-state index contributed by atoms with van der Waals surface area (Å²) in [5, 5.41) is 2.53. The lowest BCUT2D eigenvalue weighted by Gasteiger charge is -2.09. The zero-order valence-electron chi connectivity index (χ0n) is 11.0. The third-order valence-electron chi connectivity index (χ3n) is 3.40. The number of halogens is 1. The monoisotopic (exact) mass is 294 g/mol. The van der Waals surface area contributed by atoms with E-state index in [4.69, 9.17) is 11.1 Å². The van der Waals surface area contributed by atoms with E-state index in [0.29, 0.717) is 0 Å². The fraction of sp³-hybridized carbons (Fsp3) is 0. The highest BCUT2D eigenvalue weighted by atomic mass is 35.6. The van der Waals surface area contributed by atoms with E-state index in [-0.39, 0.29) is 0 Å². The first-order valence-electron chi connectivity index (χ1n) is 6.69. The molecule has 0 radical (unpaired) electrons. The van der Waals surface area contributed by atoms with Gasteiger partial charge in [-0.15, -0.1) is 0 Å². The van der Waals surface area contributed by atoms with Gasteiger partial charge in [-0.05, 0) is 21.5 Å². The second-order valence-corrected chi connectivity index (χ2v) is 8.13. The Hall–Kier alpha value is -1.83. The topological polar surface area (TPSA) is 0 Å². The van der Waals surface area contributed by atoms with Crippen LogP contribution in [-0.4, -0.2) is 8.11 Å². The van der Waals surface area contributed by atoms with Gasteiger partial charge in [-0.25, -0.2) is 0 Å². The molecule has 0 unspecified atom stereocenters. The largest absolute Gasteiger partial charge is 0.201 e. The fourth-order valence-electron chi connectivity index (χ4n) is 2.29. The molecule has 20 heavy (non-hydrogen) atoms. The minimum Gasteiger partial charge on any atom is -0.159 e. The highest BCUT2D eigenvalue weighted by molar-refractivity contribution is 7.21. The lowest BCUT2D eigenvalue weighted by atomic mass is 10.1. The minimum absolute atomic E-state index is 1.24. The van der Waals surface area contributed by atoms with Crippen LogP contribution < -0.4 is 10.4 Å². The van der Waals surface area contributed by atoms with E-state index in [1.165, 1.54) is 21.5 Å². The number of hydrogen-bond donors (Lipinski definition) is 0. The van der Waals surface area contributed by atoms with Crippen molar-refractivity contribution < 1.29 is 0 Å². The van der Waals surface area contributed by atoms with Crippen LogP contribution >= 0.6 is 11.1 Å². The summed E-state index contributed by atoms with van der Waals surface area (Å²) in [6.45, 7) is 0. The molecule has 0 amide bonds. The molecule has 0 N–H and O–H groups in total. The SMILES string of the molecule is Cl[Si@H](c1ccccc1)c1ccc(-c2ccccc2)cc1. The highest BCUT2D eigenvalue weighted by Crippen LogP contribution is 2.17. The van der Waals surface area contributed by atoms with E-state index in [1.807, 2.05) is 12.1 Å². The first-order chi connectivity index (χ1) is 9.84. The van der Waals surface area contributed by atoms with Gasteiger partial charge in [0.25, 0.3) is 0 Å². The summed E-state index contributed by atoms with van der Waals surface area (Å²) in [4.78, 5) is 0. The molecule has 0 aliphatic carbocycles. The first-order valence-corrected chi connectivity index (χ1v) is 9.59. The van der Waals surface area contributed by atoms with Crippen molar-refractivity contribution in [3.05, 3.63) is 84.9 Å². The van der Waals surface area contributed by atoms with Crippen molar-refractivity contribution in [3.8, 4) is 11.1 Å². The van der Waals surface area contributed by atoms with Crippen molar-refractivity contribution in [2.45, 2.75) is 0 Å². The minimum atomic E-state index is -1.56. The summed E-state index contributed by atoms with van der Waals surface area (Å²) in [5.41, 5.74) is 2.48. The molecule has 0 saturated carbocycles. The van der Waals surface area contributed by atoms with Crippen molar-refractivity contribution in [1.29, 1.82) is 0 Å². The lowest BCUT2D eigenvalue weighted by molar-refractivity contribution is 1.63. The van der Waals surface area contributed by atoms with Crippen molar-refractivity contribution in [2.24, 2.45) is 0 Å². The number of benzene rings is 3. The van der Waals surface area contributed by atoms with Crippen LogP contribution in [-0.2, 0) is 0 Å². The van der Waals surface area contributed by atoms with Crippen LogP contribution in [0.25, 0.3) is 11.1 Å². The zero-order chi connectivity index (χ0) is 13.8. The molecule has 0 saturated heterocycles. The summed E-state index contributed by atoms with van der Waals surface area (Å²) in [7, 11) is -1.56. The van der Waals surface area contributed by atoms with E-state index in [2.05, 4.69) is 72.8 Å². The van der Waals surface area contributed by atoms with Gasteiger partial charge < -0.3 is 0 Å². The molecule has 0 aliphatic rings. The Morgan fingerprint density at radius 1 is 0.500 bits per heavy atom. The second kappa shape index (κ2) is 6.08. The average molecular weight is 295 g/mol. The van der Waals surface area contributed by atoms with E-state index in [0.717, 1.165) is 0 Å². The van der Waals surface area contributed by atoms with Crippen LogP contribution in [0.3, 0.4) is 0 Å². The van der Waals surface area contributed by atoms with Gasteiger partial charge >= 0.3 is 0 Å². The molecule has 3 aromatic carbocycles. The van der Waals surface area contributed by atoms with Gasteiger partial charge in [-0.1, -0.05) is 84.9 Å². The van der Waals surface area contributed by atoms with Crippen LogP contribution in [0.15, 0.2) is 84.9 Å². The predicted molar refractivity (Wildman–Crippen MR) is 90.6 cm³/mol. The Kier molecular flexibility index (Phi) is 4.00. The molecule has 3 rings (SSSR count). The Morgan fingerprint density at radius 3 is 1.55 bits per heavy atom. The van der Waals surface area contributed by atoms with E-state index in [9.17, 15) is 0 Å². The fourth-order valence-corrected chi connectivity index (χ4v) is 4.64. The third kappa shape index (κ3) is 2.84. The lowest BCUT2D eigenvalue weighted by Crippen LogP contribution is -2.36. The maximum Gasteiger partial charge on any atom is 0.201 e.